The van der Waals surface area contributed by atoms with Gasteiger partial charge in [0.25, 0.3) is 5.91 Å². The van der Waals surface area contributed by atoms with Crippen molar-refractivity contribution in [3.05, 3.63) is 71.8 Å². The second kappa shape index (κ2) is 9.39. The minimum atomic E-state index is -0.842. The highest BCUT2D eigenvalue weighted by Crippen LogP contribution is 2.38. The number of carbonyl (C=O) groups excluding carboxylic acids is 2. The van der Waals surface area contributed by atoms with E-state index < -0.39 is 23.5 Å². The van der Waals surface area contributed by atoms with Crippen LogP contribution in [0.25, 0.3) is 0 Å². The molecule has 0 fully saturated rings. The molecule has 0 aromatic heterocycles. The van der Waals surface area contributed by atoms with Crippen molar-refractivity contribution in [2.75, 3.05) is 5.32 Å². The molecule has 8 heteroatoms. The van der Waals surface area contributed by atoms with Gasteiger partial charge in [0.2, 0.25) is 0 Å². The molecule has 0 saturated carbocycles. The van der Waals surface area contributed by atoms with Gasteiger partial charge in [-0.25, -0.2) is 10.3 Å². The Morgan fingerprint density at radius 1 is 1.14 bits per heavy atom. The van der Waals surface area contributed by atoms with Gasteiger partial charge in [-0.2, -0.15) is 5.26 Å². The molecule has 0 bridgehead atoms. The van der Waals surface area contributed by atoms with Crippen molar-refractivity contribution in [3.8, 4) is 11.8 Å². The summed E-state index contributed by atoms with van der Waals surface area (Å²) in [6.45, 7) is 3.50. The number of ether oxygens (including phenoxy) is 1. The highest BCUT2D eigenvalue weighted by molar-refractivity contribution is 5.86. The van der Waals surface area contributed by atoms with Crippen molar-refractivity contribution in [2.24, 2.45) is 5.41 Å². The van der Waals surface area contributed by atoms with Crippen LogP contribution in [0.2, 0.25) is 0 Å². The quantitative estimate of drug-likeness (QED) is 0.335. The van der Waals surface area contributed by atoms with Gasteiger partial charge in [0.05, 0.1) is 11.6 Å². The third kappa shape index (κ3) is 6.09. The van der Waals surface area contributed by atoms with Gasteiger partial charge in [0, 0.05) is 17.2 Å². The van der Waals surface area contributed by atoms with Crippen molar-refractivity contribution >= 4 is 17.7 Å². The summed E-state index contributed by atoms with van der Waals surface area (Å²) in [5, 5.41) is 29.6. The molecule has 150 valence electrons. The minimum absolute atomic E-state index is 0.0579. The Balaban J connectivity index is 2.25. The molecule has 2 rings (SSSR count). The van der Waals surface area contributed by atoms with E-state index in [2.05, 4.69) is 5.32 Å². The molecule has 29 heavy (non-hydrogen) atoms. The van der Waals surface area contributed by atoms with E-state index in [0.717, 1.165) is 6.08 Å². The number of anilines is 1. The molecule has 0 radical (unpaired) electrons. The lowest BCUT2D eigenvalue weighted by molar-refractivity contribution is -0.124. The van der Waals surface area contributed by atoms with E-state index in [0.29, 0.717) is 16.8 Å². The molecule has 2 aromatic rings. The number of nitriles is 1. The number of nitrogens with one attached hydrogen (secondary N) is 2. The van der Waals surface area contributed by atoms with Crippen LogP contribution in [0, 0.1) is 16.7 Å². The van der Waals surface area contributed by atoms with Gasteiger partial charge < -0.3 is 9.84 Å². The molecule has 0 saturated heterocycles. The van der Waals surface area contributed by atoms with Gasteiger partial charge >= 0.3 is 6.09 Å². The second-order valence-electron chi connectivity index (χ2n) is 6.82. The lowest BCUT2D eigenvalue weighted by atomic mass is 9.82. The first-order valence-electron chi connectivity index (χ1n) is 8.65. The summed E-state index contributed by atoms with van der Waals surface area (Å²) in [6, 6.07) is 14.4. The van der Waals surface area contributed by atoms with Crippen LogP contribution in [0.4, 0.5) is 10.5 Å². The summed E-state index contributed by atoms with van der Waals surface area (Å²) in [5.74, 6) is -0.660. The molecule has 0 aliphatic heterocycles. The van der Waals surface area contributed by atoms with E-state index in [1.165, 1.54) is 23.7 Å². The molecule has 4 N–H and O–H groups in total. The number of benzene rings is 2. The minimum Gasteiger partial charge on any atom is -0.508 e. The summed E-state index contributed by atoms with van der Waals surface area (Å²) >= 11 is 0. The highest BCUT2D eigenvalue weighted by Gasteiger charge is 2.32. The number of hydrogen-bond donors (Lipinski definition) is 4. The van der Waals surface area contributed by atoms with Crippen LogP contribution >= 0.6 is 0 Å². The van der Waals surface area contributed by atoms with E-state index in [1.807, 2.05) is 6.07 Å². The summed E-state index contributed by atoms with van der Waals surface area (Å²) < 4.78 is 5.63. The first-order chi connectivity index (χ1) is 13.7. The van der Waals surface area contributed by atoms with Gasteiger partial charge in [-0.05, 0) is 42.0 Å². The van der Waals surface area contributed by atoms with E-state index in [4.69, 9.17) is 15.2 Å². The summed E-state index contributed by atoms with van der Waals surface area (Å²) in [6.07, 6.45) is 1.09. The maximum Gasteiger partial charge on any atom is 0.412 e. The molecule has 8 nitrogen and oxygen atoms in total. The van der Waals surface area contributed by atoms with Crippen LogP contribution in [0.3, 0.4) is 0 Å². The molecule has 0 heterocycles. The van der Waals surface area contributed by atoms with Crippen molar-refractivity contribution in [3.63, 3.8) is 0 Å². The van der Waals surface area contributed by atoms with E-state index in [1.54, 1.807) is 50.2 Å². The van der Waals surface area contributed by atoms with Gasteiger partial charge in [-0.1, -0.05) is 32.1 Å². The zero-order chi connectivity index (χ0) is 21.4. The normalized spacial score (nSPS) is 12.1. The number of aromatic hydroxyl groups is 1. The fraction of sp³-hybridized carbons (Fsp3) is 0.190. The predicted octanol–water partition coefficient (Wildman–Crippen LogP) is 3.64. The van der Waals surface area contributed by atoms with Crippen molar-refractivity contribution in [1.29, 1.82) is 5.26 Å². The third-order valence-electron chi connectivity index (χ3n) is 4.13. The fourth-order valence-electron chi connectivity index (χ4n) is 2.60. The molecule has 2 amide bonds. The Morgan fingerprint density at radius 3 is 2.31 bits per heavy atom. The Labute approximate surface area is 168 Å². The Bertz CT molecular complexity index is 928. The standard InChI is InChI=1S/C21H21N3O5/c1-21(2,12-11-18(26)24-28)19(15-5-9-17(25)10-6-15)29-20(27)23-16-7-3-14(13-22)4-8-16/h3-12,19,25,28H,1-2H3,(H,23,27)(H,24,26)/b12-11+/t19-/m0/s1. The first kappa shape index (κ1) is 21.5. The zero-order valence-corrected chi connectivity index (χ0v) is 15.9. The summed E-state index contributed by atoms with van der Waals surface area (Å²) in [5.41, 5.74) is 2.17. The Morgan fingerprint density at radius 2 is 1.76 bits per heavy atom. The molecule has 1 atom stereocenters. The van der Waals surface area contributed by atoms with Gasteiger partial charge in [-0.3, -0.25) is 15.3 Å². The van der Waals surface area contributed by atoms with Crippen molar-refractivity contribution in [2.45, 2.75) is 20.0 Å². The highest BCUT2D eigenvalue weighted by atomic mass is 16.6. The molecule has 0 aliphatic carbocycles. The Hall–Kier alpha value is -3.83. The first-order valence-corrected chi connectivity index (χ1v) is 8.65. The topological polar surface area (TPSA) is 132 Å². The fourth-order valence-corrected chi connectivity index (χ4v) is 2.60. The van der Waals surface area contributed by atoms with Crippen LogP contribution < -0.4 is 10.8 Å². The smallest absolute Gasteiger partial charge is 0.412 e. The maximum absolute atomic E-state index is 12.5. The van der Waals surface area contributed by atoms with Crippen LogP contribution in [0.5, 0.6) is 5.75 Å². The predicted molar refractivity (Wildman–Crippen MR) is 105 cm³/mol. The summed E-state index contributed by atoms with van der Waals surface area (Å²) in [4.78, 5) is 23.8. The summed E-state index contributed by atoms with van der Waals surface area (Å²) in [7, 11) is 0. The monoisotopic (exact) mass is 395 g/mol. The number of phenols is 1. The van der Waals surface area contributed by atoms with Crippen molar-refractivity contribution in [1.82, 2.24) is 5.48 Å². The number of nitrogens with zero attached hydrogens (tertiary/aromatic N) is 1. The number of hydroxylamine groups is 1. The second-order valence-corrected chi connectivity index (χ2v) is 6.82. The van der Waals surface area contributed by atoms with E-state index >= 15 is 0 Å². The number of hydrogen-bond acceptors (Lipinski definition) is 6. The lowest BCUT2D eigenvalue weighted by Gasteiger charge is -2.31. The average molecular weight is 395 g/mol. The van der Waals surface area contributed by atoms with Crippen LogP contribution in [-0.4, -0.2) is 22.3 Å². The largest absolute Gasteiger partial charge is 0.508 e. The number of amides is 2. The van der Waals surface area contributed by atoms with Crippen LogP contribution in [0.1, 0.15) is 31.1 Å². The SMILES string of the molecule is CC(C)(/C=C/C(=O)NO)[C@@H](OC(=O)Nc1ccc(C#N)cc1)c1ccc(O)cc1. The molecule has 0 unspecified atom stereocenters. The number of phenolic OH excluding ortho intramolecular Hbond substituents is 1. The van der Waals surface area contributed by atoms with Gasteiger partial charge in [-0.15, -0.1) is 0 Å². The van der Waals surface area contributed by atoms with Crippen LogP contribution in [-0.2, 0) is 9.53 Å². The average Bonchev–Trinajstić information content (AvgIpc) is 2.71. The van der Waals surface area contributed by atoms with E-state index in [9.17, 15) is 14.7 Å². The van der Waals surface area contributed by atoms with Gasteiger partial charge in [0.15, 0.2) is 0 Å². The molecule has 0 spiro atoms. The van der Waals surface area contributed by atoms with Crippen LogP contribution in [0.15, 0.2) is 60.7 Å². The van der Waals surface area contributed by atoms with Gasteiger partial charge in [0.1, 0.15) is 11.9 Å². The number of carbonyl (C=O) groups is 2. The maximum atomic E-state index is 12.5. The molecule has 2 aromatic carbocycles. The van der Waals surface area contributed by atoms with Crippen molar-refractivity contribution < 1.29 is 24.6 Å². The molecule has 0 aliphatic rings. The third-order valence-corrected chi connectivity index (χ3v) is 4.13. The Kier molecular flexibility index (Phi) is 6.95. The molecular formula is C21H21N3O5. The molecular weight excluding hydrogens is 374 g/mol. The zero-order valence-electron chi connectivity index (χ0n) is 15.9. The lowest BCUT2D eigenvalue weighted by Crippen LogP contribution is -2.28. The number of rotatable bonds is 6. The van der Waals surface area contributed by atoms with E-state index in [-0.39, 0.29) is 5.75 Å².